The van der Waals surface area contributed by atoms with Gasteiger partial charge in [0.15, 0.2) is 10.6 Å². The van der Waals surface area contributed by atoms with Crippen molar-refractivity contribution in [2.24, 2.45) is 0 Å². The van der Waals surface area contributed by atoms with Crippen molar-refractivity contribution in [3.05, 3.63) is 34.6 Å². The molecule has 0 saturated carbocycles. The summed E-state index contributed by atoms with van der Waals surface area (Å²) in [6.45, 7) is 0. The highest BCUT2D eigenvalue weighted by Crippen LogP contribution is 2.25. The summed E-state index contributed by atoms with van der Waals surface area (Å²) in [5.74, 6) is 0.257. The van der Waals surface area contributed by atoms with Gasteiger partial charge in [0.25, 0.3) is 5.56 Å². The third-order valence-electron chi connectivity index (χ3n) is 2.89. The summed E-state index contributed by atoms with van der Waals surface area (Å²) < 4.78 is 2.59. The molecule has 6 nitrogen and oxygen atoms in total. The van der Waals surface area contributed by atoms with E-state index in [-0.39, 0.29) is 11.4 Å². The van der Waals surface area contributed by atoms with Crippen molar-refractivity contribution in [1.29, 1.82) is 0 Å². The van der Waals surface area contributed by atoms with Crippen LogP contribution in [0.5, 0.6) is 0 Å². The van der Waals surface area contributed by atoms with Crippen molar-refractivity contribution in [3.63, 3.8) is 0 Å². The van der Waals surface area contributed by atoms with Gasteiger partial charge >= 0.3 is 0 Å². The van der Waals surface area contributed by atoms with Crippen LogP contribution >= 0.6 is 11.3 Å². The molecule has 0 saturated heterocycles. The normalized spacial score (nSPS) is 11.8. The van der Waals surface area contributed by atoms with Gasteiger partial charge in [0.2, 0.25) is 0 Å². The van der Waals surface area contributed by atoms with E-state index in [2.05, 4.69) is 15.2 Å². The first-order valence-electron chi connectivity index (χ1n) is 5.29. The maximum atomic E-state index is 12.4. The second-order valence-electron chi connectivity index (χ2n) is 3.94. The Morgan fingerprint density at radius 2 is 2.17 bits per heavy atom. The van der Waals surface area contributed by atoms with E-state index in [0.717, 1.165) is 10.2 Å². The highest BCUT2D eigenvalue weighted by atomic mass is 32.1. The molecule has 0 aliphatic rings. The number of rotatable bonds is 0. The summed E-state index contributed by atoms with van der Waals surface area (Å²) in [5.41, 5.74) is 6.74. The van der Waals surface area contributed by atoms with Crippen molar-refractivity contribution >= 4 is 43.4 Å². The summed E-state index contributed by atoms with van der Waals surface area (Å²) in [6, 6.07) is 7.68. The van der Waals surface area contributed by atoms with Crippen LogP contribution in [0, 0.1) is 0 Å². The number of fused-ring (bicyclic) bond motifs is 4. The predicted molar refractivity (Wildman–Crippen MR) is 70.9 cm³/mol. The fourth-order valence-electron chi connectivity index (χ4n) is 2.08. The molecular formula is C11H7N5OS. The van der Waals surface area contributed by atoms with Gasteiger partial charge in [-0.3, -0.25) is 14.3 Å². The molecule has 88 valence electrons. The molecule has 0 aliphatic carbocycles. The quantitative estimate of drug-likeness (QED) is 0.498. The fraction of sp³-hybridized carbons (Fsp3) is 0. The molecule has 0 bridgehead atoms. The fourth-order valence-corrected chi connectivity index (χ4v) is 3.10. The van der Waals surface area contributed by atoms with Crippen LogP contribution < -0.4 is 11.3 Å². The van der Waals surface area contributed by atoms with E-state index < -0.39 is 0 Å². The molecule has 4 rings (SSSR count). The molecule has 0 radical (unpaired) electrons. The molecule has 4 aromatic rings. The summed E-state index contributed by atoms with van der Waals surface area (Å²) in [5, 5.41) is 6.86. The number of benzene rings is 1. The van der Waals surface area contributed by atoms with Crippen LogP contribution in [0.15, 0.2) is 29.1 Å². The molecule has 0 fully saturated rings. The number of nitrogen functional groups attached to an aromatic ring is 1. The van der Waals surface area contributed by atoms with E-state index in [4.69, 9.17) is 5.73 Å². The Morgan fingerprint density at radius 3 is 3.06 bits per heavy atom. The topological polar surface area (TPSA) is 89.1 Å². The number of anilines is 1. The van der Waals surface area contributed by atoms with Gasteiger partial charge in [0.05, 0.1) is 10.2 Å². The molecule has 7 heteroatoms. The molecule has 0 spiro atoms. The first kappa shape index (κ1) is 9.60. The monoisotopic (exact) mass is 257 g/mol. The molecule has 0 amide bonds. The minimum Gasteiger partial charge on any atom is -0.383 e. The van der Waals surface area contributed by atoms with Gasteiger partial charge in [-0.05, 0) is 12.1 Å². The third-order valence-corrected chi connectivity index (χ3v) is 3.91. The number of nitrogens with zero attached hydrogens (tertiary/aromatic N) is 3. The predicted octanol–water partition coefficient (Wildman–Crippen LogP) is 1.37. The van der Waals surface area contributed by atoms with Gasteiger partial charge < -0.3 is 5.73 Å². The largest absolute Gasteiger partial charge is 0.383 e. The van der Waals surface area contributed by atoms with Crippen LogP contribution in [-0.2, 0) is 0 Å². The van der Waals surface area contributed by atoms with Crippen molar-refractivity contribution in [3.8, 4) is 0 Å². The van der Waals surface area contributed by atoms with Crippen molar-refractivity contribution < 1.29 is 0 Å². The third kappa shape index (κ3) is 1.04. The summed E-state index contributed by atoms with van der Waals surface area (Å²) in [4.78, 5) is 17.4. The number of nitrogens with one attached hydrogen (secondary N) is 1. The Labute approximate surface area is 104 Å². The Bertz CT molecular complexity index is 964. The lowest BCUT2D eigenvalue weighted by Crippen LogP contribution is -2.13. The highest BCUT2D eigenvalue weighted by Gasteiger charge is 2.14. The molecule has 3 heterocycles. The molecule has 0 unspecified atom stereocenters. The van der Waals surface area contributed by atoms with Gasteiger partial charge in [0, 0.05) is 0 Å². The lowest BCUT2D eigenvalue weighted by molar-refractivity contribution is 1.10. The molecule has 0 atom stereocenters. The zero-order valence-electron chi connectivity index (χ0n) is 9.04. The van der Waals surface area contributed by atoms with Crippen molar-refractivity contribution in [2.75, 3.05) is 5.73 Å². The van der Waals surface area contributed by atoms with E-state index in [1.165, 1.54) is 11.3 Å². The average Bonchev–Trinajstić information content (AvgIpc) is 2.91. The number of hydrogen-bond donors (Lipinski definition) is 2. The van der Waals surface area contributed by atoms with E-state index in [1.807, 2.05) is 24.3 Å². The lowest BCUT2D eigenvalue weighted by Gasteiger charge is -1.94. The number of thiazole rings is 1. The zero-order chi connectivity index (χ0) is 12.3. The van der Waals surface area contributed by atoms with Gasteiger partial charge in [-0.15, -0.1) is 0 Å². The number of nitrogens with two attached hydrogens (primary N) is 1. The minimum atomic E-state index is -0.182. The lowest BCUT2D eigenvalue weighted by atomic mass is 10.3. The zero-order valence-corrected chi connectivity index (χ0v) is 9.86. The van der Waals surface area contributed by atoms with E-state index >= 15 is 0 Å². The number of aromatic amines is 1. The van der Waals surface area contributed by atoms with Crippen molar-refractivity contribution in [2.45, 2.75) is 0 Å². The van der Waals surface area contributed by atoms with Crippen LogP contribution in [0.25, 0.3) is 26.2 Å². The summed E-state index contributed by atoms with van der Waals surface area (Å²) >= 11 is 1.46. The molecule has 0 aliphatic heterocycles. The van der Waals surface area contributed by atoms with Crippen LogP contribution in [0.4, 0.5) is 5.82 Å². The van der Waals surface area contributed by atoms with Crippen LogP contribution in [0.3, 0.4) is 0 Å². The molecule has 3 N–H and O–H groups in total. The van der Waals surface area contributed by atoms with Crippen molar-refractivity contribution in [1.82, 2.24) is 19.6 Å². The number of H-pyrrole nitrogens is 1. The number of para-hydroxylation sites is 1. The molecule has 3 aromatic heterocycles. The maximum absolute atomic E-state index is 12.4. The Morgan fingerprint density at radius 1 is 1.33 bits per heavy atom. The second-order valence-corrected chi connectivity index (χ2v) is 4.95. The second kappa shape index (κ2) is 3.08. The van der Waals surface area contributed by atoms with Gasteiger partial charge in [-0.2, -0.15) is 10.1 Å². The van der Waals surface area contributed by atoms with Gasteiger partial charge in [-0.1, -0.05) is 23.5 Å². The SMILES string of the molecule is Nc1[nH]nc2nc3sc4ccccc4n3c(=O)c12. The maximum Gasteiger partial charge on any atom is 0.272 e. The first-order chi connectivity index (χ1) is 8.75. The molecule has 18 heavy (non-hydrogen) atoms. The highest BCUT2D eigenvalue weighted by molar-refractivity contribution is 7.23. The Hall–Kier alpha value is -2.41. The Kier molecular flexibility index (Phi) is 1.64. The van der Waals surface area contributed by atoms with E-state index in [1.54, 1.807) is 4.40 Å². The average molecular weight is 257 g/mol. The smallest absolute Gasteiger partial charge is 0.272 e. The van der Waals surface area contributed by atoms with Crippen LogP contribution in [-0.4, -0.2) is 19.6 Å². The standard InChI is InChI=1S/C11H7N5OS/c12-8-7-9(15-14-8)13-11-16(10(7)17)5-3-1-2-4-6(5)18-11/h1-4H,(H3,12,14,15). The first-order valence-corrected chi connectivity index (χ1v) is 6.11. The van der Waals surface area contributed by atoms with E-state index in [0.29, 0.717) is 16.0 Å². The van der Waals surface area contributed by atoms with Crippen LogP contribution in [0.2, 0.25) is 0 Å². The molecular weight excluding hydrogens is 250 g/mol. The van der Waals surface area contributed by atoms with Crippen LogP contribution in [0.1, 0.15) is 0 Å². The summed E-state index contributed by atoms with van der Waals surface area (Å²) in [6.07, 6.45) is 0. The van der Waals surface area contributed by atoms with Gasteiger partial charge in [0.1, 0.15) is 11.2 Å². The Balaban J connectivity index is 2.40. The van der Waals surface area contributed by atoms with Gasteiger partial charge in [-0.25, -0.2) is 0 Å². The molecule has 1 aromatic carbocycles. The number of hydrogen-bond acceptors (Lipinski definition) is 5. The van der Waals surface area contributed by atoms with E-state index in [9.17, 15) is 4.79 Å². The minimum absolute atomic E-state index is 0.182. The summed E-state index contributed by atoms with van der Waals surface area (Å²) in [7, 11) is 0. The number of aromatic nitrogens is 4.